The molecule has 0 spiro atoms. The lowest BCUT2D eigenvalue weighted by Gasteiger charge is -2.20. The molecule has 0 aromatic rings. The van der Waals surface area contributed by atoms with Crippen molar-refractivity contribution in [2.24, 2.45) is 0 Å². The second kappa shape index (κ2) is 67.6. The topological polar surface area (TPSA) is 95.9 Å². The SMILES string of the molecule is CCCC/C=C\C/C=C\CCCCCCCC(=O)OCCCCCCCCCCCCCCCCCCCCCCCCCCCCCCCCCCCCCCCC(=O)NC(CO)C(O)/C=C/CCCCCCCCCC. The Morgan fingerprint density at radius 3 is 1.01 bits per heavy atom. The van der Waals surface area contributed by atoms with Gasteiger partial charge >= 0.3 is 5.97 Å². The summed E-state index contributed by atoms with van der Waals surface area (Å²) in [6, 6.07) is -0.621. The van der Waals surface area contributed by atoms with Crippen LogP contribution in [0.4, 0.5) is 0 Å². The molecular formula is C72H137NO5. The number of allylic oxidation sites excluding steroid dienone is 5. The van der Waals surface area contributed by atoms with E-state index in [2.05, 4.69) is 43.5 Å². The molecule has 3 N–H and O–H groups in total. The normalized spacial score (nSPS) is 12.7. The van der Waals surface area contributed by atoms with Gasteiger partial charge in [-0.15, -0.1) is 0 Å². The van der Waals surface area contributed by atoms with Crippen LogP contribution in [-0.4, -0.2) is 47.4 Å². The van der Waals surface area contributed by atoms with Gasteiger partial charge in [-0.1, -0.05) is 352 Å². The molecule has 0 saturated carbocycles. The van der Waals surface area contributed by atoms with Gasteiger partial charge in [-0.3, -0.25) is 9.59 Å². The summed E-state index contributed by atoms with van der Waals surface area (Å²) in [5.41, 5.74) is 0. The molecule has 0 bridgehead atoms. The highest BCUT2D eigenvalue weighted by Crippen LogP contribution is 2.19. The maximum absolute atomic E-state index is 12.4. The van der Waals surface area contributed by atoms with Gasteiger partial charge in [0.05, 0.1) is 25.4 Å². The third-order valence-electron chi connectivity index (χ3n) is 16.4. The fourth-order valence-corrected chi connectivity index (χ4v) is 11.0. The first-order chi connectivity index (χ1) is 38.5. The third kappa shape index (κ3) is 63.3. The Balaban J connectivity index is 3.28. The van der Waals surface area contributed by atoms with Gasteiger partial charge in [-0.25, -0.2) is 0 Å². The minimum Gasteiger partial charge on any atom is -0.466 e. The molecule has 0 aliphatic rings. The van der Waals surface area contributed by atoms with Gasteiger partial charge in [0.25, 0.3) is 0 Å². The van der Waals surface area contributed by atoms with Crippen LogP contribution in [0.25, 0.3) is 0 Å². The number of rotatable bonds is 66. The summed E-state index contributed by atoms with van der Waals surface area (Å²) in [4.78, 5) is 24.5. The average molecular weight is 1100 g/mol. The van der Waals surface area contributed by atoms with Crippen LogP contribution in [0.15, 0.2) is 36.5 Å². The molecule has 0 rings (SSSR count). The number of aliphatic hydroxyl groups excluding tert-OH is 2. The number of nitrogens with one attached hydrogen (secondary N) is 1. The number of ether oxygens (including phenoxy) is 1. The van der Waals surface area contributed by atoms with E-state index in [4.69, 9.17) is 4.74 Å². The Kier molecular flexibility index (Phi) is 65.9. The van der Waals surface area contributed by atoms with Gasteiger partial charge < -0.3 is 20.3 Å². The minimum atomic E-state index is -0.838. The van der Waals surface area contributed by atoms with E-state index >= 15 is 0 Å². The molecule has 2 atom stereocenters. The molecule has 0 aromatic heterocycles. The summed E-state index contributed by atoms with van der Waals surface area (Å²) in [6.45, 7) is 4.86. The lowest BCUT2D eigenvalue weighted by atomic mass is 10.0. The van der Waals surface area contributed by atoms with Crippen molar-refractivity contribution in [3.8, 4) is 0 Å². The van der Waals surface area contributed by atoms with Gasteiger partial charge in [-0.05, 0) is 57.8 Å². The summed E-state index contributed by atoms with van der Waals surface area (Å²) in [5.74, 6) is -0.0543. The molecule has 0 aromatic carbocycles. The van der Waals surface area contributed by atoms with E-state index in [0.29, 0.717) is 19.4 Å². The van der Waals surface area contributed by atoms with Crippen LogP contribution < -0.4 is 5.32 Å². The number of amides is 1. The van der Waals surface area contributed by atoms with Crippen molar-refractivity contribution in [1.29, 1.82) is 0 Å². The molecule has 6 nitrogen and oxygen atoms in total. The van der Waals surface area contributed by atoms with Gasteiger partial charge in [-0.2, -0.15) is 0 Å². The van der Waals surface area contributed by atoms with E-state index in [0.717, 1.165) is 51.4 Å². The maximum atomic E-state index is 12.4. The highest BCUT2D eigenvalue weighted by Gasteiger charge is 2.18. The Morgan fingerprint density at radius 2 is 0.654 bits per heavy atom. The van der Waals surface area contributed by atoms with Crippen molar-refractivity contribution < 1.29 is 24.5 Å². The summed E-state index contributed by atoms with van der Waals surface area (Å²) < 4.78 is 5.48. The number of esters is 1. The Hall–Kier alpha value is -1.92. The van der Waals surface area contributed by atoms with E-state index in [1.807, 2.05) is 6.08 Å². The van der Waals surface area contributed by atoms with Crippen LogP contribution >= 0.6 is 0 Å². The summed E-state index contributed by atoms with van der Waals surface area (Å²) in [7, 11) is 0. The van der Waals surface area contributed by atoms with Crippen molar-refractivity contribution in [2.75, 3.05) is 13.2 Å². The van der Waals surface area contributed by atoms with Gasteiger partial charge in [0.2, 0.25) is 5.91 Å². The first kappa shape index (κ1) is 76.1. The second-order valence-corrected chi connectivity index (χ2v) is 24.2. The number of aliphatic hydroxyl groups is 2. The molecule has 0 aliphatic carbocycles. The Labute approximate surface area is 487 Å². The lowest BCUT2D eigenvalue weighted by Crippen LogP contribution is -2.45. The molecular weight excluding hydrogens is 959 g/mol. The van der Waals surface area contributed by atoms with Crippen LogP contribution in [0.3, 0.4) is 0 Å². The Bertz CT molecular complexity index is 1260. The van der Waals surface area contributed by atoms with Crippen molar-refractivity contribution in [2.45, 2.75) is 398 Å². The van der Waals surface area contributed by atoms with E-state index in [1.165, 1.54) is 308 Å². The van der Waals surface area contributed by atoms with E-state index < -0.39 is 12.1 Å². The predicted molar refractivity (Wildman–Crippen MR) is 343 cm³/mol. The third-order valence-corrected chi connectivity index (χ3v) is 16.4. The predicted octanol–water partition coefficient (Wildman–Crippen LogP) is 22.7. The average Bonchev–Trinajstić information content (AvgIpc) is 3.44. The highest BCUT2D eigenvalue weighted by molar-refractivity contribution is 5.76. The van der Waals surface area contributed by atoms with Crippen molar-refractivity contribution in [1.82, 2.24) is 5.32 Å². The second-order valence-electron chi connectivity index (χ2n) is 24.2. The summed E-state index contributed by atoms with van der Waals surface area (Å²) in [6.07, 6.45) is 86.8. The van der Waals surface area contributed by atoms with E-state index in [9.17, 15) is 19.8 Å². The van der Waals surface area contributed by atoms with Crippen molar-refractivity contribution in [3.05, 3.63) is 36.5 Å². The summed E-state index contributed by atoms with van der Waals surface area (Å²) in [5, 5.41) is 23.0. The fraction of sp³-hybridized carbons (Fsp3) is 0.889. The largest absolute Gasteiger partial charge is 0.466 e. The van der Waals surface area contributed by atoms with E-state index in [1.54, 1.807) is 6.08 Å². The molecule has 0 fully saturated rings. The van der Waals surface area contributed by atoms with Crippen LogP contribution in [0.5, 0.6) is 0 Å². The smallest absolute Gasteiger partial charge is 0.305 e. The first-order valence-corrected chi connectivity index (χ1v) is 35.3. The quantitative estimate of drug-likeness (QED) is 0.0320. The molecule has 0 heterocycles. The highest BCUT2D eigenvalue weighted by atomic mass is 16.5. The standard InChI is InChI=1S/C72H137NO5/c1-3-5-7-9-11-13-15-16-43-46-50-54-58-62-66-72(77)78-67-63-59-55-51-47-44-41-39-37-35-33-31-29-27-25-23-21-19-17-18-20-22-24-26-28-30-32-34-36-38-40-42-45-49-53-57-61-65-71(76)73-69(68-74)70(75)64-60-56-52-48-14-12-10-8-6-4-2/h9,11,15-16,60,64,69-70,74-75H,3-8,10,12-14,17-59,61-63,65-68H2,1-2H3,(H,73,76)/b11-9-,16-15-,64-60+. The molecule has 460 valence electrons. The van der Waals surface area contributed by atoms with Crippen molar-refractivity contribution >= 4 is 11.9 Å². The number of carbonyl (C=O) groups is 2. The van der Waals surface area contributed by atoms with Crippen LogP contribution in [0.2, 0.25) is 0 Å². The van der Waals surface area contributed by atoms with Crippen LogP contribution in [0, 0.1) is 0 Å². The molecule has 2 unspecified atom stereocenters. The molecule has 78 heavy (non-hydrogen) atoms. The monoisotopic (exact) mass is 1100 g/mol. The molecule has 0 saturated heterocycles. The minimum absolute atomic E-state index is 0.00858. The Morgan fingerprint density at radius 1 is 0.359 bits per heavy atom. The maximum Gasteiger partial charge on any atom is 0.305 e. The number of unbranched alkanes of at least 4 members (excludes halogenated alkanes) is 51. The van der Waals surface area contributed by atoms with Gasteiger partial charge in [0.1, 0.15) is 0 Å². The van der Waals surface area contributed by atoms with Gasteiger partial charge in [0.15, 0.2) is 0 Å². The number of hydrogen-bond acceptors (Lipinski definition) is 5. The van der Waals surface area contributed by atoms with Crippen LogP contribution in [0.1, 0.15) is 386 Å². The zero-order valence-electron chi connectivity index (χ0n) is 52.7. The molecule has 1 amide bonds. The van der Waals surface area contributed by atoms with Crippen molar-refractivity contribution in [3.63, 3.8) is 0 Å². The summed E-state index contributed by atoms with van der Waals surface area (Å²) >= 11 is 0. The zero-order chi connectivity index (χ0) is 56.4. The fourth-order valence-electron chi connectivity index (χ4n) is 11.0. The van der Waals surface area contributed by atoms with Gasteiger partial charge in [0, 0.05) is 12.8 Å². The zero-order valence-corrected chi connectivity index (χ0v) is 52.7. The van der Waals surface area contributed by atoms with E-state index in [-0.39, 0.29) is 18.5 Å². The number of hydrogen-bond donors (Lipinski definition) is 3. The molecule has 0 aliphatic heterocycles. The molecule has 6 heteroatoms. The van der Waals surface area contributed by atoms with Crippen LogP contribution in [-0.2, 0) is 14.3 Å². The number of carbonyl (C=O) groups excluding carboxylic acids is 2. The lowest BCUT2D eigenvalue weighted by molar-refractivity contribution is -0.143. The molecule has 0 radical (unpaired) electrons. The first-order valence-electron chi connectivity index (χ1n) is 35.3.